The fourth-order valence-electron chi connectivity index (χ4n) is 2.74. The number of hydrogen-bond donors (Lipinski definition) is 2. The van der Waals surface area contributed by atoms with Crippen molar-refractivity contribution in [2.45, 2.75) is 24.5 Å². The van der Waals surface area contributed by atoms with Gasteiger partial charge in [0.25, 0.3) is 0 Å². The maximum atomic E-state index is 13.3. The van der Waals surface area contributed by atoms with E-state index in [0.717, 1.165) is 16.4 Å². The molecule has 0 spiro atoms. The van der Waals surface area contributed by atoms with Crippen LogP contribution in [0.5, 0.6) is 0 Å². The van der Waals surface area contributed by atoms with Crippen LogP contribution in [0.4, 0.5) is 4.39 Å². The van der Waals surface area contributed by atoms with Crippen LogP contribution in [0.15, 0.2) is 23.1 Å². The van der Waals surface area contributed by atoms with E-state index >= 15 is 0 Å². The van der Waals surface area contributed by atoms with E-state index in [0.29, 0.717) is 13.0 Å². The lowest BCUT2D eigenvalue weighted by Crippen LogP contribution is -2.53. The smallest absolute Gasteiger partial charge is 0.309 e. The van der Waals surface area contributed by atoms with Gasteiger partial charge in [-0.1, -0.05) is 0 Å². The Morgan fingerprint density at radius 3 is 2.71 bits per heavy atom. The van der Waals surface area contributed by atoms with Crippen molar-refractivity contribution in [3.63, 3.8) is 0 Å². The predicted octanol–water partition coefficient (Wildman–Crippen LogP) is -0.250. The molecule has 1 aliphatic rings. The SMILES string of the molecule is COCCNC(=O)C(=O)NC[C@@H]1OCCCN1S(=O)(=O)c1ccc(F)cc1C. The molecule has 1 saturated heterocycles. The molecule has 2 rings (SSSR count). The second-order valence-electron chi connectivity index (χ2n) is 6.16. The third kappa shape index (κ3) is 5.47. The Morgan fingerprint density at radius 1 is 1.32 bits per heavy atom. The number of sulfonamides is 1. The van der Waals surface area contributed by atoms with E-state index in [2.05, 4.69) is 10.6 Å². The monoisotopic (exact) mass is 417 g/mol. The van der Waals surface area contributed by atoms with E-state index in [-0.39, 0.29) is 36.7 Å². The molecule has 0 aliphatic carbocycles. The van der Waals surface area contributed by atoms with Crippen LogP contribution in [0.2, 0.25) is 0 Å². The van der Waals surface area contributed by atoms with Crippen LogP contribution in [0.25, 0.3) is 0 Å². The van der Waals surface area contributed by atoms with Crippen LogP contribution in [-0.2, 0) is 29.1 Å². The Kier molecular flexibility index (Phi) is 7.87. The number of ether oxygens (including phenoxy) is 2. The van der Waals surface area contributed by atoms with Crippen molar-refractivity contribution in [2.24, 2.45) is 0 Å². The van der Waals surface area contributed by atoms with Gasteiger partial charge >= 0.3 is 11.8 Å². The van der Waals surface area contributed by atoms with Crippen molar-refractivity contribution in [3.8, 4) is 0 Å². The van der Waals surface area contributed by atoms with Gasteiger partial charge in [-0.2, -0.15) is 4.31 Å². The Morgan fingerprint density at radius 2 is 2.04 bits per heavy atom. The van der Waals surface area contributed by atoms with E-state index in [1.165, 1.54) is 20.1 Å². The fourth-order valence-corrected chi connectivity index (χ4v) is 4.51. The van der Waals surface area contributed by atoms with Gasteiger partial charge in [0.1, 0.15) is 12.0 Å². The van der Waals surface area contributed by atoms with Crippen LogP contribution < -0.4 is 10.6 Å². The average Bonchev–Trinajstić information content (AvgIpc) is 2.66. The Labute approximate surface area is 163 Å². The zero-order valence-corrected chi connectivity index (χ0v) is 16.6. The highest BCUT2D eigenvalue weighted by Crippen LogP contribution is 2.25. The highest BCUT2D eigenvalue weighted by Gasteiger charge is 2.35. The van der Waals surface area contributed by atoms with Gasteiger partial charge in [0.05, 0.1) is 24.7 Å². The molecular weight excluding hydrogens is 393 g/mol. The van der Waals surface area contributed by atoms with Crippen molar-refractivity contribution in [1.29, 1.82) is 0 Å². The number of carbonyl (C=O) groups is 2. The second kappa shape index (κ2) is 9.92. The standard InChI is InChI=1S/C17H24FN3O6S/c1-12-10-13(18)4-5-14(12)28(24,25)21-7-3-8-27-15(21)11-20-17(23)16(22)19-6-9-26-2/h4-5,10,15H,3,6-9,11H2,1-2H3,(H,19,22)(H,20,23)/t15-/m0/s1. The molecular formula is C17H24FN3O6S. The van der Waals surface area contributed by atoms with Gasteiger partial charge in [-0.25, -0.2) is 12.8 Å². The summed E-state index contributed by atoms with van der Waals surface area (Å²) in [7, 11) is -2.51. The Hall–Kier alpha value is -2.08. The molecule has 0 unspecified atom stereocenters. The summed E-state index contributed by atoms with van der Waals surface area (Å²) < 4.78 is 50.7. The lowest BCUT2D eigenvalue weighted by Gasteiger charge is -2.34. The normalized spacial score (nSPS) is 17.9. The van der Waals surface area contributed by atoms with Gasteiger partial charge in [-0.3, -0.25) is 9.59 Å². The number of nitrogens with one attached hydrogen (secondary N) is 2. The highest BCUT2D eigenvalue weighted by atomic mass is 32.2. The molecule has 1 aliphatic heterocycles. The molecule has 1 aromatic rings. The summed E-state index contributed by atoms with van der Waals surface area (Å²) in [6.07, 6.45) is -0.500. The number of methoxy groups -OCH3 is 1. The van der Waals surface area contributed by atoms with Crippen molar-refractivity contribution < 1.29 is 31.9 Å². The zero-order chi connectivity index (χ0) is 20.7. The zero-order valence-electron chi connectivity index (χ0n) is 15.7. The molecule has 156 valence electrons. The number of halogens is 1. The first kappa shape index (κ1) is 22.2. The van der Waals surface area contributed by atoms with Crippen LogP contribution in [0.1, 0.15) is 12.0 Å². The Bertz CT molecular complexity index is 817. The second-order valence-corrected chi connectivity index (χ2v) is 8.02. The van der Waals surface area contributed by atoms with Gasteiger partial charge in [-0.05, 0) is 37.1 Å². The van der Waals surface area contributed by atoms with Crippen molar-refractivity contribution >= 4 is 21.8 Å². The van der Waals surface area contributed by atoms with Crippen LogP contribution in [0, 0.1) is 12.7 Å². The number of nitrogens with zero attached hydrogens (tertiary/aromatic N) is 1. The number of rotatable bonds is 7. The number of carbonyl (C=O) groups excluding carboxylic acids is 2. The number of amides is 2. The molecule has 2 N–H and O–H groups in total. The Balaban J connectivity index is 2.07. The summed E-state index contributed by atoms with van der Waals surface area (Å²) in [5.74, 6) is -2.29. The van der Waals surface area contributed by atoms with E-state index in [1.807, 2.05) is 0 Å². The summed E-state index contributed by atoms with van der Waals surface area (Å²) in [5, 5.41) is 4.74. The van der Waals surface area contributed by atoms with E-state index in [9.17, 15) is 22.4 Å². The largest absolute Gasteiger partial charge is 0.383 e. The van der Waals surface area contributed by atoms with Crippen molar-refractivity contribution in [2.75, 3.05) is 40.0 Å². The van der Waals surface area contributed by atoms with E-state index < -0.39 is 33.9 Å². The molecule has 1 aromatic carbocycles. The first-order valence-electron chi connectivity index (χ1n) is 8.72. The summed E-state index contributed by atoms with van der Waals surface area (Å²) in [4.78, 5) is 23.5. The van der Waals surface area contributed by atoms with E-state index in [1.54, 1.807) is 0 Å². The van der Waals surface area contributed by atoms with Gasteiger partial charge in [0.2, 0.25) is 10.0 Å². The number of benzene rings is 1. The lowest BCUT2D eigenvalue weighted by molar-refractivity contribution is -0.140. The third-order valence-electron chi connectivity index (χ3n) is 4.11. The van der Waals surface area contributed by atoms with Gasteiger partial charge < -0.3 is 20.1 Å². The van der Waals surface area contributed by atoms with Crippen LogP contribution in [0.3, 0.4) is 0 Å². The minimum absolute atomic E-state index is 0.0342. The van der Waals surface area contributed by atoms with Crippen LogP contribution >= 0.6 is 0 Å². The molecule has 0 radical (unpaired) electrons. The fraction of sp³-hybridized carbons (Fsp3) is 0.529. The van der Waals surface area contributed by atoms with Gasteiger partial charge in [0.15, 0.2) is 0 Å². The quantitative estimate of drug-likeness (QED) is 0.467. The summed E-state index contributed by atoms with van der Waals surface area (Å²) in [6, 6.07) is 3.41. The van der Waals surface area contributed by atoms with Crippen molar-refractivity contribution in [3.05, 3.63) is 29.6 Å². The molecule has 1 heterocycles. The van der Waals surface area contributed by atoms with Gasteiger partial charge in [0, 0.05) is 20.2 Å². The maximum Gasteiger partial charge on any atom is 0.309 e. The molecule has 0 aromatic heterocycles. The summed E-state index contributed by atoms with van der Waals surface area (Å²) in [5.41, 5.74) is 0.269. The summed E-state index contributed by atoms with van der Waals surface area (Å²) >= 11 is 0. The van der Waals surface area contributed by atoms with Crippen molar-refractivity contribution in [1.82, 2.24) is 14.9 Å². The first-order valence-corrected chi connectivity index (χ1v) is 10.2. The van der Waals surface area contributed by atoms with E-state index in [4.69, 9.17) is 9.47 Å². The number of hydrogen-bond acceptors (Lipinski definition) is 6. The minimum Gasteiger partial charge on any atom is -0.383 e. The predicted molar refractivity (Wildman–Crippen MR) is 97.3 cm³/mol. The maximum absolute atomic E-state index is 13.3. The topological polar surface area (TPSA) is 114 Å². The molecule has 0 saturated carbocycles. The lowest BCUT2D eigenvalue weighted by atomic mass is 10.2. The molecule has 9 nitrogen and oxygen atoms in total. The highest BCUT2D eigenvalue weighted by molar-refractivity contribution is 7.89. The molecule has 28 heavy (non-hydrogen) atoms. The molecule has 1 fully saturated rings. The average molecular weight is 417 g/mol. The summed E-state index contributed by atoms with van der Waals surface area (Å²) in [6.45, 7) is 2.23. The first-order chi connectivity index (χ1) is 13.3. The van der Waals surface area contributed by atoms with Crippen LogP contribution in [-0.4, -0.2) is 70.7 Å². The molecule has 1 atom stereocenters. The number of aryl methyl sites for hydroxylation is 1. The minimum atomic E-state index is -3.97. The third-order valence-corrected chi connectivity index (χ3v) is 6.16. The molecule has 11 heteroatoms. The molecule has 0 bridgehead atoms. The van der Waals surface area contributed by atoms with Gasteiger partial charge in [-0.15, -0.1) is 0 Å². The molecule has 2 amide bonds.